The standard InChI is InChI=1S/C17H17N3O/c1-2-18-13-9-7-12(8-10-13)11-16-14-5-3-4-6-15(14)17(21)20-19-16/h3-10,18H,2,11H2,1H3,(H,20,21). The van der Waals surface area contributed by atoms with Crippen LogP contribution in [-0.4, -0.2) is 16.7 Å². The van der Waals surface area contributed by atoms with Crippen molar-refractivity contribution in [2.45, 2.75) is 13.3 Å². The minimum Gasteiger partial charge on any atom is -0.385 e. The Labute approximate surface area is 122 Å². The van der Waals surface area contributed by atoms with Crippen LogP contribution in [0.3, 0.4) is 0 Å². The van der Waals surface area contributed by atoms with Crippen molar-refractivity contribution < 1.29 is 0 Å². The topological polar surface area (TPSA) is 57.8 Å². The molecule has 0 saturated carbocycles. The predicted octanol–water partition coefficient (Wildman–Crippen LogP) is 2.95. The summed E-state index contributed by atoms with van der Waals surface area (Å²) in [6.07, 6.45) is 0.698. The number of nitrogens with one attached hydrogen (secondary N) is 2. The lowest BCUT2D eigenvalue weighted by molar-refractivity contribution is 0.934. The van der Waals surface area contributed by atoms with Crippen LogP contribution >= 0.6 is 0 Å². The molecule has 4 nitrogen and oxygen atoms in total. The summed E-state index contributed by atoms with van der Waals surface area (Å²) in [6, 6.07) is 15.9. The van der Waals surface area contributed by atoms with Gasteiger partial charge in [0.25, 0.3) is 5.56 Å². The van der Waals surface area contributed by atoms with Crippen molar-refractivity contribution in [2.75, 3.05) is 11.9 Å². The third kappa shape index (κ3) is 2.79. The van der Waals surface area contributed by atoms with E-state index in [1.165, 1.54) is 5.56 Å². The normalized spacial score (nSPS) is 10.7. The van der Waals surface area contributed by atoms with Crippen LogP contribution in [0.25, 0.3) is 10.8 Å². The van der Waals surface area contributed by atoms with E-state index >= 15 is 0 Å². The van der Waals surface area contributed by atoms with Gasteiger partial charge in [0, 0.05) is 24.0 Å². The SMILES string of the molecule is CCNc1ccc(Cc2n[nH]c(=O)c3ccccc23)cc1. The number of rotatable bonds is 4. The second kappa shape index (κ2) is 5.79. The van der Waals surface area contributed by atoms with Crippen molar-refractivity contribution in [2.24, 2.45) is 0 Å². The number of hydrogen-bond donors (Lipinski definition) is 2. The van der Waals surface area contributed by atoms with E-state index in [2.05, 4.69) is 46.7 Å². The number of benzene rings is 2. The van der Waals surface area contributed by atoms with Gasteiger partial charge >= 0.3 is 0 Å². The van der Waals surface area contributed by atoms with Gasteiger partial charge in [-0.2, -0.15) is 5.10 Å². The fraction of sp³-hybridized carbons (Fsp3) is 0.176. The Morgan fingerprint density at radius 1 is 1.05 bits per heavy atom. The number of hydrogen-bond acceptors (Lipinski definition) is 3. The fourth-order valence-electron chi connectivity index (χ4n) is 2.44. The van der Waals surface area contributed by atoms with Crippen LogP contribution < -0.4 is 10.9 Å². The molecular formula is C17H17N3O. The first-order valence-corrected chi connectivity index (χ1v) is 7.07. The molecule has 0 aliphatic carbocycles. The molecule has 0 spiro atoms. The first-order valence-electron chi connectivity index (χ1n) is 7.07. The van der Waals surface area contributed by atoms with Crippen LogP contribution in [0.1, 0.15) is 18.2 Å². The fourth-order valence-corrected chi connectivity index (χ4v) is 2.44. The molecule has 0 bridgehead atoms. The highest BCUT2D eigenvalue weighted by atomic mass is 16.1. The molecule has 1 heterocycles. The van der Waals surface area contributed by atoms with Gasteiger partial charge in [0.05, 0.1) is 11.1 Å². The van der Waals surface area contributed by atoms with Crippen molar-refractivity contribution in [3.8, 4) is 0 Å². The Morgan fingerprint density at radius 2 is 1.76 bits per heavy atom. The second-order valence-corrected chi connectivity index (χ2v) is 4.95. The van der Waals surface area contributed by atoms with Crippen LogP contribution in [0, 0.1) is 0 Å². The molecule has 0 amide bonds. The van der Waals surface area contributed by atoms with Crippen LogP contribution in [0.15, 0.2) is 53.3 Å². The number of nitrogens with zero attached hydrogens (tertiary/aromatic N) is 1. The van der Waals surface area contributed by atoms with E-state index in [9.17, 15) is 4.79 Å². The van der Waals surface area contributed by atoms with Crippen molar-refractivity contribution in [3.05, 3.63) is 70.1 Å². The van der Waals surface area contributed by atoms with Gasteiger partial charge in [-0.1, -0.05) is 30.3 Å². The number of aromatic nitrogens is 2. The maximum Gasteiger partial charge on any atom is 0.272 e. The molecule has 106 valence electrons. The molecule has 3 aromatic rings. The summed E-state index contributed by atoms with van der Waals surface area (Å²) in [5.41, 5.74) is 3.03. The average molecular weight is 279 g/mol. The van der Waals surface area contributed by atoms with E-state index in [1.807, 2.05) is 24.3 Å². The Kier molecular flexibility index (Phi) is 3.69. The van der Waals surface area contributed by atoms with Crippen molar-refractivity contribution in [1.29, 1.82) is 0 Å². The van der Waals surface area contributed by atoms with Crippen LogP contribution in [0.2, 0.25) is 0 Å². The first kappa shape index (κ1) is 13.4. The van der Waals surface area contributed by atoms with Crippen LogP contribution in [0.4, 0.5) is 5.69 Å². The molecule has 1 aromatic heterocycles. The summed E-state index contributed by atoms with van der Waals surface area (Å²) in [4.78, 5) is 11.8. The molecule has 0 radical (unpaired) electrons. The van der Waals surface area contributed by atoms with Gasteiger partial charge in [-0.3, -0.25) is 4.79 Å². The average Bonchev–Trinajstić information content (AvgIpc) is 2.52. The largest absolute Gasteiger partial charge is 0.385 e. The smallest absolute Gasteiger partial charge is 0.272 e. The summed E-state index contributed by atoms with van der Waals surface area (Å²) in [7, 11) is 0. The molecular weight excluding hydrogens is 262 g/mol. The summed E-state index contributed by atoms with van der Waals surface area (Å²) in [6.45, 7) is 2.98. The minimum atomic E-state index is -0.142. The number of aromatic amines is 1. The molecule has 21 heavy (non-hydrogen) atoms. The molecule has 2 N–H and O–H groups in total. The van der Waals surface area contributed by atoms with Gasteiger partial charge in [0.2, 0.25) is 0 Å². The molecule has 0 unspecified atom stereocenters. The zero-order chi connectivity index (χ0) is 14.7. The summed E-state index contributed by atoms with van der Waals surface area (Å²) in [5.74, 6) is 0. The lowest BCUT2D eigenvalue weighted by Gasteiger charge is -2.07. The summed E-state index contributed by atoms with van der Waals surface area (Å²) >= 11 is 0. The molecule has 3 rings (SSSR count). The lowest BCUT2D eigenvalue weighted by atomic mass is 10.0. The quantitative estimate of drug-likeness (QED) is 0.772. The van der Waals surface area contributed by atoms with Gasteiger partial charge in [-0.25, -0.2) is 5.10 Å². The van der Waals surface area contributed by atoms with Gasteiger partial charge in [0.1, 0.15) is 0 Å². The van der Waals surface area contributed by atoms with E-state index in [4.69, 9.17) is 0 Å². The highest BCUT2D eigenvalue weighted by Crippen LogP contribution is 2.17. The molecule has 0 aliphatic rings. The van der Waals surface area contributed by atoms with E-state index in [0.29, 0.717) is 11.8 Å². The molecule has 4 heteroatoms. The van der Waals surface area contributed by atoms with Crippen LogP contribution in [-0.2, 0) is 6.42 Å². The first-order chi connectivity index (χ1) is 10.3. The molecule has 0 aliphatic heterocycles. The maximum absolute atomic E-state index is 11.8. The predicted molar refractivity (Wildman–Crippen MR) is 85.8 cm³/mol. The zero-order valence-electron chi connectivity index (χ0n) is 11.9. The van der Waals surface area contributed by atoms with Crippen molar-refractivity contribution in [3.63, 3.8) is 0 Å². The van der Waals surface area contributed by atoms with Gasteiger partial charge in [0.15, 0.2) is 0 Å². The van der Waals surface area contributed by atoms with Gasteiger partial charge in [-0.05, 0) is 30.7 Å². The van der Waals surface area contributed by atoms with Crippen LogP contribution in [0.5, 0.6) is 0 Å². The highest BCUT2D eigenvalue weighted by Gasteiger charge is 2.06. The van der Waals surface area contributed by atoms with E-state index in [0.717, 1.165) is 23.3 Å². The summed E-state index contributed by atoms with van der Waals surface area (Å²) in [5, 5.41) is 11.7. The monoisotopic (exact) mass is 279 g/mol. The Balaban J connectivity index is 1.95. The zero-order valence-corrected chi connectivity index (χ0v) is 11.9. The minimum absolute atomic E-state index is 0.142. The maximum atomic E-state index is 11.8. The van der Waals surface area contributed by atoms with E-state index in [-0.39, 0.29) is 5.56 Å². The lowest BCUT2D eigenvalue weighted by Crippen LogP contribution is -2.11. The molecule has 0 atom stereocenters. The highest BCUT2D eigenvalue weighted by molar-refractivity contribution is 5.83. The van der Waals surface area contributed by atoms with E-state index < -0.39 is 0 Å². The third-order valence-corrected chi connectivity index (χ3v) is 3.48. The number of anilines is 1. The number of fused-ring (bicyclic) bond motifs is 1. The molecule has 0 saturated heterocycles. The van der Waals surface area contributed by atoms with Gasteiger partial charge in [-0.15, -0.1) is 0 Å². The Morgan fingerprint density at radius 3 is 2.48 bits per heavy atom. The Hall–Kier alpha value is -2.62. The van der Waals surface area contributed by atoms with Gasteiger partial charge < -0.3 is 5.32 Å². The summed E-state index contributed by atoms with van der Waals surface area (Å²) < 4.78 is 0. The van der Waals surface area contributed by atoms with E-state index in [1.54, 1.807) is 0 Å². The third-order valence-electron chi connectivity index (χ3n) is 3.48. The van der Waals surface area contributed by atoms with Crippen molar-refractivity contribution >= 4 is 16.5 Å². The molecule has 0 fully saturated rings. The Bertz CT molecular complexity index is 806. The second-order valence-electron chi connectivity index (χ2n) is 4.95. The van der Waals surface area contributed by atoms with Crippen molar-refractivity contribution in [1.82, 2.24) is 10.2 Å². The number of H-pyrrole nitrogens is 1. The molecule has 2 aromatic carbocycles.